The first-order valence-corrected chi connectivity index (χ1v) is 7.09. The van der Waals surface area contributed by atoms with Crippen molar-refractivity contribution < 1.29 is 19.6 Å². The van der Waals surface area contributed by atoms with E-state index in [2.05, 4.69) is 0 Å². The SMILES string of the molecule is COc1ccc(C(Cc2ccc([N+](=O)[O-])cc2)C(=O)O)cc1Cl. The Morgan fingerprint density at radius 2 is 1.96 bits per heavy atom. The molecule has 1 unspecified atom stereocenters. The van der Waals surface area contributed by atoms with Crippen molar-refractivity contribution in [2.24, 2.45) is 0 Å². The molecule has 0 saturated carbocycles. The maximum Gasteiger partial charge on any atom is 0.311 e. The number of nitrogens with zero attached hydrogens (tertiary/aromatic N) is 1. The Morgan fingerprint density at radius 1 is 1.30 bits per heavy atom. The van der Waals surface area contributed by atoms with E-state index in [-0.39, 0.29) is 12.1 Å². The number of hydrogen-bond acceptors (Lipinski definition) is 4. The second-order valence-electron chi connectivity index (χ2n) is 4.91. The lowest BCUT2D eigenvalue weighted by atomic mass is 9.92. The smallest absolute Gasteiger partial charge is 0.311 e. The lowest BCUT2D eigenvalue weighted by Gasteiger charge is -2.14. The molecule has 2 aromatic carbocycles. The number of carboxylic acid groups (broad SMARTS) is 1. The van der Waals surface area contributed by atoms with Crippen molar-refractivity contribution in [2.75, 3.05) is 7.11 Å². The number of carboxylic acids is 1. The Labute approximate surface area is 137 Å². The molecule has 2 aromatic rings. The van der Waals surface area contributed by atoms with Crippen LogP contribution in [0.25, 0.3) is 0 Å². The number of benzene rings is 2. The van der Waals surface area contributed by atoms with Crippen molar-refractivity contribution in [3.63, 3.8) is 0 Å². The predicted octanol–water partition coefficient (Wildman–Crippen LogP) is 3.67. The van der Waals surface area contributed by atoms with Gasteiger partial charge in [0.05, 0.1) is 23.0 Å². The Bertz CT molecular complexity index is 730. The number of aliphatic carboxylic acids is 1. The molecule has 0 saturated heterocycles. The normalized spacial score (nSPS) is 11.7. The number of methoxy groups -OCH3 is 1. The summed E-state index contributed by atoms with van der Waals surface area (Å²) in [5, 5.41) is 20.4. The number of non-ortho nitro benzene ring substituents is 1. The summed E-state index contributed by atoms with van der Waals surface area (Å²) in [6, 6.07) is 10.6. The van der Waals surface area contributed by atoms with Crippen LogP contribution >= 0.6 is 11.6 Å². The molecule has 7 heteroatoms. The Kier molecular flexibility index (Phi) is 5.18. The third kappa shape index (κ3) is 3.98. The molecule has 0 spiro atoms. The Balaban J connectivity index is 2.27. The first-order chi connectivity index (χ1) is 10.9. The predicted molar refractivity (Wildman–Crippen MR) is 85.2 cm³/mol. The molecule has 1 N–H and O–H groups in total. The minimum absolute atomic E-state index is 0.0342. The van der Waals surface area contributed by atoms with E-state index in [9.17, 15) is 20.0 Å². The van der Waals surface area contributed by atoms with Crippen molar-refractivity contribution in [3.8, 4) is 5.75 Å². The van der Waals surface area contributed by atoms with Crippen LogP contribution in [0.2, 0.25) is 5.02 Å². The fourth-order valence-corrected chi connectivity index (χ4v) is 2.50. The van der Waals surface area contributed by atoms with Crippen LogP contribution < -0.4 is 4.74 Å². The molecule has 120 valence electrons. The quantitative estimate of drug-likeness (QED) is 0.642. The van der Waals surface area contributed by atoms with Crippen LogP contribution in [0, 0.1) is 10.1 Å². The standard InChI is InChI=1S/C16H14ClNO5/c1-23-15-7-4-11(9-14(15)17)13(16(19)20)8-10-2-5-12(6-3-10)18(21)22/h2-7,9,13H,8H2,1H3,(H,19,20). The number of hydrogen-bond donors (Lipinski definition) is 1. The minimum Gasteiger partial charge on any atom is -0.495 e. The third-order valence-corrected chi connectivity index (χ3v) is 3.76. The van der Waals surface area contributed by atoms with E-state index in [1.54, 1.807) is 30.3 Å². The summed E-state index contributed by atoms with van der Waals surface area (Å²) in [7, 11) is 1.48. The van der Waals surface area contributed by atoms with Crippen LogP contribution in [0.3, 0.4) is 0 Å². The first kappa shape index (κ1) is 16.8. The molecule has 0 aromatic heterocycles. The van der Waals surface area contributed by atoms with E-state index in [4.69, 9.17) is 16.3 Å². The molecule has 0 heterocycles. The molecule has 1 atom stereocenters. The molecule has 0 radical (unpaired) electrons. The van der Waals surface area contributed by atoms with Gasteiger partial charge in [-0.25, -0.2) is 0 Å². The highest BCUT2D eigenvalue weighted by atomic mass is 35.5. The van der Waals surface area contributed by atoms with Gasteiger partial charge in [0.15, 0.2) is 0 Å². The van der Waals surface area contributed by atoms with Crippen LogP contribution in [0.4, 0.5) is 5.69 Å². The molecule has 0 amide bonds. The summed E-state index contributed by atoms with van der Waals surface area (Å²) < 4.78 is 5.05. The van der Waals surface area contributed by atoms with E-state index in [1.807, 2.05) is 0 Å². The second-order valence-corrected chi connectivity index (χ2v) is 5.32. The van der Waals surface area contributed by atoms with Gasteiger partial charge in [-0.05, 0) is 29.7 Å². The van der Waals surface area contributed by atoms with E-state index in [0.29, 0.717) is 21.9 Å². The van der Waals surface area contributed by atoms with Crippen molar-refractivity contribution in [1.29, 1.82) is 0 Å². The number of nitro benzene ring substituents is 1. The van der Waals surface area contributed by atoms with Crippen LogP contribution in [0.1, 0.15) is 17.0 Å². The molecule has 2 rings (SSSR count). The highest BCUT2D eigenvalue weighted by molar-refractivity contribution is 6.32. The maximum atomic E-state index is 11.6. The van der Waals surface area contributed by atoms with E-state index in [0.717, 1.165) is 0 Å². The van der Waals surface area contributed by atoms with Crippen LogP contribution in [-0.4, -0.2) is 23.1 Å². The van der Waals surface area contributed by atoms with Crippen molar-refractivity contribution in [3.05, 3.63) is 68.7 Å². The average Bonchev–Trinajstić information content (AvgIpc) is 2.52. The van der Waals surface area contributed by atoms with Crippen molar-refractivity contribution in [1.82, 2.24) is 0 Å². The van der Waals surface area contributed by atoms with Gasteiger partial charge in [0.1, 0.15) is 5.75 Å². The van der Waals surface area contributed by atoms with Crippen molar-refractivity contribution >= 4 is 23.3 Å². The summed E-state index contributed by atoms with van der Waals surface area (Å²) in [5.41, 5.74) is 1.20. The van der Waals surface area contributed by atoms with E-state index in [1.165, 1.54) is 19.2 Å². The second kappa shape index (κ2) is 7.11. The molecule has 0 bridgehead atoms. The Morgan fingerprint density at radius 3 is 2.43 bits per heavy atom. The summed E-state index contributed by atoms with van der Waals surface area (Å²) in [6.45, 7) is 0. The largest absolute Gasteiger partial charge is 0.495 e. The van der Waals surface area contributed by atoms with Gasteiger partial charge in [0, 0.05) is 12.1 Å². The minimum atomic E-state index is -0.996. The van der Waals surface area contributed by atoms with E-state index >= 15 is 0 Å². The maximum absolute atomic E-state index is 11.6. The molecule has 0 aliphatic rings. The van der Waals surface area contributed by atoms with Crippen LogP contribution in [-0.2, 0) is 11.2 Å². The van der Waals surface area contributed by atoms with Gasteiger partial charge in [0.25, 0.3) is 5.69 Å². The highest BCUT2D eigenvalue weighted by Gasteiger charge is 2.22. The summed E-state index contributed by atoms with van der Waals surface area (Å²) in [5.74, 6) is -1.33. The van der Waals surface area contributed by atoms with Gasteiger partial charge >= 0.3 is 5.97 Å². The van der Waals surface area contributed by atoms with Crippen molar-refractivity contribution in [2.45, 2.75) is 12.3 Å². The van der Waals surface area contributed by atoms with Gasteiger partial charge < -0.3 is 9.84 Å². The fraction of sp³-hybridized carbons (Fsp3) is 0.188. The zero-order chi connectivity index (χ0) is 17.0. The van der Waals surface area contributed by atoms with Gasteiger partial charge in [0.2, 0.25) is 0 Å². The summed E-state index contributed by atoms with van der Waals surface area (Å²) in [6.07, 6.45) is 0.204. The van der Waals surface area contributed by atoms with Gasteiger partial charge in [-0.3, -0.25) is 14.9 Å². The lowest BCUT2D eigenvalue weighted by Crippen LogP contribution is -2.14. The third-order valence-electron chi connectivity index (χ3n) is 3.46. The summed E-state index contributed by atoms with van der Waals surface area (Å²) >= 11 is 6.04. The molecule has 23 heavy (non-hydrogen) atoms. The molecular formula is C16H14ClNO5. The fourth-order valence-electron chi connectivity index (χ4n) is 2.24. The zero-order valence-electron chi connectivity index (χ0n) is 12.2. The number of rotatable bonds is 6. The average molecular weight is 336 g/mol. The van der Waals surface area contributed by atoms with Crippen LogP contribution in [0.15, 0.2) is 42.5 Å². The number of ether oxygens (including phenoxy) is 1. The molecule has 0 aliphatic heterocycles. The topological polar surface area (TPSA) is 89.7 Å². The zero-order valence-corrected chi connectivity index (χ0v) is 13.0. The van der Waals surface area contributed by atoms with Gasteiger partial charge in [-0.1, -0.05) is 29.8 Å². The molecule has 0 aliphatic carbocycles. The van der Waals surface area contributed by atoms with E-state index < -0.39 is 16.8 Å². The lowest BCUT2D eigenvalue weighted by molar-refractivity contribution is -0.384. The molecular weight excluding hydrogens is 322 g/mol. The monoisotopic (exact) mass is 335 g/mol. The van der Waals surface area contributed by atoms with Gasteiger partial charge in [-0.2, -0.15) is 0 Å². The number of halogens is 1. The highest BCUT2D eigenvalue weighted by Crippen LogP contribution is 2.30. The number of nitro groups is 1. The summed E-state index contributed by atoms with van der Waals surface area (Å²) in [4.78, 5) is 21.7. The first-order valence-electron chi connectivity index (χ1n) is 6.72. The molecule has 6 nitrogen and oxygen atoms in total. The Hall–Kier alpha value is -2.60. The molecule has 0 fully saturated rings. The number of carbonyl (C=O) groups is 1. The van der Waals surface area contributed by atoms with Gasteiger partial charge in [-0.15, -0.1) is 0 Å². The van der Waals surface area contributed by atoms with Crippen LogP contribution in [0.5, 0.6) is 5.75 Å².